The highest BCUT2D eigenvalue weighted by Crippen LogP contribution is 2.44. The van der Waals surface area contributed by atoms with E-state index in [-0.39, 0.29) is 5.91 Å². The summed E-state index contributed by atoms with van der Waals surface area (Å²) in [5.74, 6) is 1.01. The normalized spacial score (nSPS) is 22.9. The summed E-state index contributed by atoms with van der Waals surface area (Å²) in [5, 5.41) is 20.2. The highest BCUT2D eigenvalue weighted by atomic mass is 16.5. The molecule has 3 rings (SSSR count). The van der Waals surface area contributed by atoms with Crippen molar-refractivity contribution in [3.8, 4) is 11.8 Å². The summed E-state index contributed by atoms with van der Waals surface area (Å²) in [6.07, 6.45) is 4.98. The van der Waals surface area contributed by atoms with Gasteiger partial charge in [-0.3, -0.25) is 4.79 Å². The fraction of sp³-hybridized carbons (Fsp3) is 0.545. The highest BCUT2D eigenvalue weighted by molar-refractivity contribution is 5.91. The lowest BCUT2D eigenvalue weighted by Gasteiger charge is -2.45. The Kier molecular flexibility index (Phi) is 5.95. The Balaban J connectivity index is 1.79. The zero-order valence-electron chi connectivity index (χ0n) is 16.8. The maximum absolute atomic E-state index is 12.7. The average Bonchev–Trinajstić information content (AvgIpc) is 3.02. The molecular weight excluding hydrogens is 356 g/mol. The van der Waals surface area contributed by atoms with Crippen LogP contribution in [0.5, 0.6) is 5.75 Å². The van der Waals surface area contributed by atoms with Gasteiger partial charge in [0.1, 0.15) is 23.2 Å². The van der Waals surface area contributed by atoms with Crippen molar-refractivity contribution in [2.75, 3.05) is 13.2 Å². The van der Waals surface area contributed by atoms with E-state index in [0.29, 0.717) is 35.8 Å². The van der Waals surface area contributed by atoms with Crippen LogP contribution in [0.4, 0.5) is 0 Å². The maximum atomic E-state index is 12.7. The number of hydrogen-bond donors (Lipinski definition) is 1. The first-order valence-corrected chi connectivity index (χ1v) is 9.92. The second kappa shape index (κ2) is 8.24. The molecule has 0 bridgehead atoms. The van der Waals surface area contributed by atoms with E-state index in [1.807, 2.05) is 0 Å². The lowest BCUT2D eigenvalue weighted by molar-refractivity contribution is -0.137. The predicted octanol–water partition coefficient (Wildman–Crippen LogP) is 3.45. The van der Waals surface area contributed by atoms with E-state index in [9.17, 15) is 15.2 Å². The van der Waals surface area contributed by atoms with E-state index in [1.165, 1.54) is 12.5 Å². The molecule has 6 heteroatoms. The van der Waals surface area contributed by atoms with Gasteiger partial charge in [-0.1, -0.05) is 26.2 Å². The van der Waals surface area contributed by atoms with Gasteiger partial charge in [0.05, 0.1) is 30.8 Å². The Labute approximate surface area is 166 Å². The van der Waals surface area contributed by atoms with Crippen molar-refractivity contribution in [3.05, 3.63) is 41.2 Å². The molecule has 1 aromatic rings. The number of nitriles is 1. The third-order valence-corrected chi connectivity index (χ3v) is 5.36. The molecule has 1 amide bonds. The van der Waals surface area contributed by atoms with Gasteiger partial charge in [-0.25, -0.2) is 0 Å². The van der Waals surface area contributed by atoms with Crippen LogP contribution in [-0.4, -0.2) is 40.8 Å². The Hall–Kier alpha value is -2.52. The molecule has 0 unspecified atom stereocenters. The first-order valence-electron chi connectivity index (χ1n) is 9.92. The van der Waals surface area contributed by atoms with Gasteiger partial charge < -0.3 is 19.5 Å². The maximum Gasteiger partial charge on any atom is 0.251 e. The Morgan fingerprint density at radius 3 is 2.86 bits per heavy atom. The quantitative estimate of drug-likeness (QED) is 0.728. The molecule has 2 aliphatic heterocycles. The molecule has 0 spiro atoms. The summed E-state index contributed by atoms with van der Waals surface area (Å²) in [7, 11) is 0. The van der Waals surface area contributed by atoms with Gasteiger partial charge >= 0.3 is 0 Å². The lowest BCUT2D eigenvalue weighted by Crippen LogP contribution is -2.54. The zero-order chi connectivity index (χ0) is 20.3. The number of unbranched alkanes of at least 4 members (excludes halogenated alkanes) is 3. The van der Waals surface area contributed by atoms with Crippen molar-refractivity contribution in [3.63, 3.8) is 0 Å². The number of hydrogen-bond acceptors (Lipinski definition) is 5. The van der Waals surface area contributed by atoms with Gasteiger partial charge in [-0.15, -0.1) is 0 Å². The van der Waals surface area contributed by atoms with Crippen LogP contribution in [-0.2, 0) is 9.53 Å². The molecule has 1 aromatic carbocycles. The molecule has 1 N–H and O–H groups in total. The van der Waals surface area contributed by atoms with Crippen LogP contribution in [0.2, 0.25) is 0 Å². The minimum atomic E-state index is -0.935. The standard InChI is InChI=1S/C22H28N2O4/c1-4-5-6-7-10-27-16-12-19(25)24(14-16)20-17-11-15(13-23)8-9-18(17)28-22(2,3)21(20)26/h8-9,11-12,20-21,26H,4-7,10,14H2,1-3H3/t20-,21+/m1/s1. The van der Waals surface area contributed by atoms with Crippen molar-refractivity contribution >= 4 is 5.91 Å². The molecule has 2 heterocycles. The van der Waals surface area contributed by atoms with E-state index in [4.69, 9.17) is 9.47 Å². The fourth-order valence-corrected chi connectivity index (χ4v) is 3.74. The first-order chi connectivity index (χ1) is 13.4. The summed E-state index contributed by atoms with van der Waals surface area (Å²) in [4.78, 5) is 14.3. The van der Waals surface area contributed by atoms with Gasteiger partial charge in [0.15, 0.2) is 0 Å². The molecule has 6 nitrogen and oxygen atoms in total. The molecule has 2 aliphatic rings. The van der Waals surface area contributed by atoms with Crippen LogP contribution in [0.3, 0.4) is 0 Å². The minimum absolute atomic E-state index is 0.196. The Morgan fingerprint density at radius 1 is 1.36 bits per heavy atom. The minimum Gasteiger partial charge on any atom is -0.496 e. The van der Waals surface area contributed by atoms with Crippen molar-refractivity contribution < 1.29 is 19.4 Å². The molecule has 0 radical (unpaired) electrons. The van der Waals surface area contributed by atoms with E-state index in [0.717, 1.165) is 19.3 Å². The van der Waals surface area contributed by atoms with Gasteiger partial charge in [-0.05, 0) is 38.5 Å². The van der Waals surface area contributed by atoms with Crippen molar-refractivity contribution in [2.24, 2.45) is 0 Å². The van der Waals surface area contributed by atoms with Crippen LogP contribution in [0.15, 0.2) is 30.0 Å². The van der Waals surface area contributed by atoms with E-state index >= 15 is 0 Å². The molecule has 0 aliphatic carbocycles. The molecule has 2 atom stereocenters. The van der Waals surface area contributed by atoms with Gasteiger partial charge in [-0.2, -0.15) is 5.26 Å². The zero-order valence-corrected chi connectivity index (χ0v) is 16.8. The lowest BCUT2D eigenvalue weighted by atomic mass is 9.85. The SMILES string of the molecule is CCCCCCOC1=CC(=O)N([C@@H]2c3cc(C#N)ccc3OC(C)(C)[C@H]2O)C1. The van der Waals surface area contributed by atoms with Gasteiger partial charge in [0, 0.05) is 11.6 Å². The Morgan fingerprint density at radius 2 is 2.14 bits per heavy atom. The number of ether oxygens (including phenoxy) is 2. The molecule has 0 fully saturated rings. The van der Waals surface area contributed by atoms with Crippen molar-refractivity contribution in [1.82, 2.24) is 4.90 Å². The fourth-order valence-electron chi connectivity index (χ4n) is 3.74. The summed E-state index contributed by atoms with van der Waals surface area (Å²) in [6.45, 7) is 6.65. The van der Waals surface area contributed by atoms with Crippen LogP contribution in [0, 0.1) is 11.3 Å². The van der Waals surface area contributed by atoms with Gasteiger partial charge in [0.25, 0.3) is 5.91 Å². The van der Waals surface area contributed by atoms with E-state index in [1.54, 1.807) is 36.9 Å². The van der Waals surface area contributed by atoms with E-state index in [2.05, 4.69) is 13.0 Å². The second-order valence-corrected chi connectivity index (χ2v) is 7.95. The van der Waals surface area contributed by atoms with Crippen LogP contribution in [0.25, 0.3) is 0 Å². The average molecular weight is 384 g/mol. The summed E-state index contributed by atoms with van der Waals surface area (Å²) in [5.41, 5.74) is 0.249. The van der Waals surface area contributed by atoms with Crippen molar-refractivity contribution in [2.45, 2.75) is 64.2 Å². The summed E-state index contributed by atoms with van der Waals surface area (Å²) >= 11 is 0. The van der Waals surface area contributed by atoms with Crippen LogP contribution in [0.1, 0.15) is 63.6 Å². The molecule has 28 heavy (non-hydrogen) atoms. The van der Waals surface area contributed by atoms with E-state index < -0.39 is 17.7 Å². The topological polar surface area (TPSA) is 82.8 Å². The highest BCUT2D eigenvalue weighted by Gasteiger charge is 2.47. The predicted molar refractivity (Wildman–Crippen MR) is 105 cm³/mol. The number of carbonyl (C=O) groups excluding carboxylic acids is 1. The molecule has 150 valence electrons. The van der Waals surface area contributed by atoms with Crippen molar-refractivity contribution in [1.29, 1.82) is 5.26 Å². The number of aliphatic hydroxyl groups excluding tert-OH is 1. The third kappa shape index (κ3) is 4.00. The van der Waals surface area contributed by atoms with Crippen LogP contribution >= 0.6 is 0 Å². The molecule has 0 aromatic heterocycles. The van der Waals surface area contributed by atoms with Crippen LogP contribution < -0.4 is 4.74 Å². The number of nitrogens with zero attached hydrogens (tertiary/aromatic N) is 2. The number of carbonyl (C=O) groups is 1. The number of fused-ring (bicyclic) bond motifs is 1. The smallest absolute Gasteiger partial charge is 0.251 e. The molecular formula is C22H28N2O4. The number of benzene rings is 1. The number of amides is 1. The molecule has 0 saturated heterocycles. The van der Waals surface area contributed by atoms with Gasteiger partial charge in [0.2, 0.25) is 0 Å². The molecule has 0 saturated carbocycles. The second-order valence-electron chi connectivity index (χ2n) is 7.95. The summed E-state index contributed by atoms with van der Waals surface area (Å²) in [6, 6.07) is 6.61. The Bertz CT molecular complexity index is 809. The first kappa shape index (κ1) is 20.2. The number of rotatable bonds is 7. The number of aliphatic hydroxyl groups is 1. The monoisotopic (exact) mass is 384 g/mol. The summed E-state index contributed by atoms with van der Waals surface area (Å²) < 4.78 is 11.7. The third-order valence-electron chi connectivity index (χ3n) is 5.36. The largest absolute Gasteiger partial charge is 0.496 e.